The summed E-state index contributed by atoms with van der Waals surface area (Å²) in [7, 11) is 0. The molecular weight excluding hydrogens is 320 g/mol. The molecular formula is C15H19BrN2O2. The molecule has 4 nitrogen and oxygen atoms in total. The predicted molar refractivity (Wildman–Crippen MR) is 81.5 cm³/mol. The van der Waals surface area contributed by atoms with Crippen LogP contribution in [-0.2, 0) is 4.79 Å². The molecule has 20 heavy (non-hydrogen) atoms. The van der Waals surface area contributed by atoms with Gasteiger partial charge in [0.25, 0.3) is 5.91 Å². The highest BCUT2D eigenvalue weighted by Gasteiger charge is 2.23. The molecule has 1 fully saturated rings. The normalized spacial score (nSPS) is 16.6. The van der Waals surface area contributed by atoms with E-state index in [1.54, 1.807) is 25.1 Å². The highest BCUT2D eigenvalue weighted by atomic mass is 79.9. The van der Waals surface area contributed by atoms with Crippen molar-refractivity contribution in [3.8, 4) is 0 Å². The average molecular weight is 339 g/mol. The Morgan fingerprint density at radius 3 is 2.60 bits per heavy atom. The molecule has 2 rings (SSSR count). The van der Waals surface area contributed by atoms with E-state index in [1.165, 1.54) is 6.42 Å². The van der Waals surface area contributed by atoms with Gasteiger partial charge in [0.05, 0.1) is 0 Å². The highest BCUT2D eigenvalue weighted by Crippen LogP contribution is 2.13. The molecule has 0 bridgehead atoms. The Bertz CT molecular complexity index is 498. The maximum absolute atomic E-state index is 12.2. The molecule has 1 saturated heterocycles. The zero-order valence-electron chi connectivity index (χ0n) is 11.6. The second kappa shape index (κ2) is 6.88. The third-order valence-corrected chi connectivity index (χ3v) is 3.97. The number of likely N-dealkylation sites (tertiary alicyclic amines) is 1. The van der Waals surface area contributed by atoms with Gasteiger partial charge in [-0.05, 0) is 44.4 Å². The van der Waals surface area contributed by atoms with Gasteiger partial charge in [-0.2, -0.15) is 0 Å². The molecule has 1 N–H and O–H groups in total. The van der Waals surface area contributed by atoms with E-state index in [0.29, 0.717) is 5.56 Å². The van der Waals surface area contributed by atoms with Crippen molar-refractivity contribution in [3.63, 3.8) is 0 Å². The monoisotopic (exact) mass is 338 g/mol. The number of nitrogens with zero attached hydrogens (tertiary/aromatic N) is 1. The Kier molecular flexibility index (Phi) is 5.17. The van der Waals surface area contributed by atoms with Crippen molar-refractivity contribution in [1.82, 2.24) is 10.2 Å². The third kappa shape index (κ3) is 3.82. The lowest BCUT2D eigenvalue weighted by Gasteiger charge is -2.29. The van der Waals surface area contributed by atoms with Gasteiger partial charge in [0, 0.05) is 23.1 Å². The van der Waals surface area contributed by atoms with Gasteiger partial charge in [0.15, 0.2) is 0 Å². The van der Waals surface area contributed by atoms with Crippen molar-refractivity contribution in [1.29, 1.82) is 0 Å². The molecule has 1 aromatic rings. The van der Waals surface area contributed by atoms with Crippen LogP contribution in [0, 0.1) is 0 Å². The van der Waals surface area contributed by atoms with E-state index in [0.717, 1.165) is 30.4 Å². The van der Waals surface area contributed by atoms with Crippen molar-refractivity contribution in [2.75, 3.05) is 13.1 Å². The predicted octanol–water partition coefficient (Wildman–Crippen LogP) is 2.58. The Morgan fingerprint density at radius 1 is 1.25 bits per heavy atom. The van der Waals surface area contributed by atoms with Crippen molar-refractivity contribution in [2.45, 2.75) is 32.2 Å². The van der Waals surface area contributed by atoms with Crippen molar-refractivity contribution in [2.24, 2.45) is 0 Å². The summed E-state index contributed by atoms with van der Waals surface area (Å²) < 4.78 is 0.847. The number of carbonyl (C=O) groups excluding carboxylic acids is 2. The zero-order chi connectivity index (χ0) is 14.5. The SMILES string of the molecule is C[C@H](NC(=O)c1cccc(Br)c1)C(=O)N1CCCCC1. The third-order valence-electron chi connectivity index (χ3n) is 3.47. The maximum atomic E-state index is 12.2. The molecule has 0 spiro atoms. The number of benzene rings is 1. The molecule has 108 valence electrons. The molecule has 0 aromatic heterocycles. The summed E-state index contributed by atoms with van der Waals surface area (Å²) in [5, 5.41) is 2.77. The summed E-state index contributed by atoms with van der Waals surface area (Å²) in [4.78, 5) is 26.2. The molecule has 2 amide bonds. The highest BCUT2D eigenvalue weighted by molar-refractivity contribution is 9.10. The number of hydrogen-bond acceptors (Lipinski definition) is 2. The molecule has 0 saturated carbocycles. The van der Waals surface area contributed by atoms with Crippen molar-refractivity contribution < 1.29 is 9.59 Å². The Labute approximate surface area is 127 Å². The van der Waals surface area contributed by atoms with Crippen LogP contribution in [0.4, 0.5) is 0 Å². The summed E-state index contributed by atoms with van der Waals surface area (Å²) >= 11 is 3.33. The van der Waals surface area contributed by atoms with Crippen LogP contribution >= 0.6 is 15.9 Å². The lowest BCUT2D eigenvalue weighted by atomic mass is 10.1. The van der Waals surface area contributed by atoms with Crippen LogP contribution in [-0.4, -0.2) is 35.8 Å². The number of hydrogen-bond donors (Lipinski definition) is 1. The molecule has 0 aliphatic carbocycles. The van der Waals surface area contributed by atoms with Crippen molar-refractivity contribution in [3.05, 3.63) is 34.3 Å². The van der Waals surface area contributed by atoms with Gasteiger partial charge in [-0.3, -0.25) is 9.59 Å². The van der Waals surface area contributed by atoms with Gasteiger partial charge in [-0.15, -0.1) is 0 Å². The van der Waals surface area contributed by atoms with Crippen LogP contribution in [0.5, 0.6) is 0 Å². The Hall–Kier alpha value is -1.36. The number of carbonyl (C=O) groups is 2. The minimum Gasteiger partial charge on any atom is -0.341 e. The number of halogens is 1. The second-order valence-electron chi connectivity index (χ2n) is 5.09. The number of piperidine rings is 1. The van der Waals surface area contributed by atoms with Gasteiger partial charge in [0.1, 0.15) is 6.04 Å². The summed E-state index contributed by atoms with van der Waals surface area (Å²) in [6.07, 6.45) is 3.29. The van der Waals surface area contributed by atoms with Crippen LogP contribution in [0.25, 0.3) is 0 Å². The van der Waals surface area contributed by atoms with Gasteiger partial charge in [-0.1, -0.05) is 22.0 Å². The topological polar surface area (TPSA) is 49.4 Å². The van der Waals surface area contributed by atoms with Gasteiger partial charge >= 0.3 is 0 Å². The van der Waals surface area contributed by atoms with Crippen LogP contribution < -0.4 is 5.32 Å². The van der Waals surface area contributed by atoms with E-state index in [1.807, 2.05) is 11.0 Å². The quantitative estimate of drug-likeness (QED) is 0.920. The van der Waals surface area contributed by atoms with E-state index in [-0.39, 0.29) is 11.8 Å². The lowest BCUT2D eigenvalue weighted by Crippen LogP contribution is -2.48. The van der Waals surface area contributed by atoms with Crippen LogP contribution in [0.15, 0.2) is 28.7 Å². The Balaban J connectivity index is 1.94. The van der Waals surface area contributed by atoms with E-state index < -0.39 is 6.04 Å². The lowest BCUT2D eigenvalue weighted by molar-refractivity contribution is -0.133. The zero-order valence-corrected chi connectivity index (χ0v) is 13.1. The fraction of sp³-hybridized carbons (Fsp3) is 0.467. The molecule has 5 heteroatoms. The average Bonchev–Trinajstić information content (AvgIpc) is 2.47. The molecule has 1 aliphatic rings. The van der Waals surface area contributed by atoms with E-state index in [2.05, 4.69) is 21.2 Å². The summed E-state index contributed by atoms with van der Waals surface area (Å²) in [6, 6.07) is 6.65. The molecule has 1 atom stereocenters. The van der Waals surface area contributed by atoms with Crippen LogP contribution in [0.2, 0.25) is 0 Å². The van der Waals surface area contributed by atoms with Crippen LogP contribution in [0.1, 0.15) is 36.5 Å². The van der Waals surface area contributed by atoms with E-state index >= 15 is 0 Å². The van der Waals surface area contributed by atoms with Gasteiger partial charge in [0.2, 0.25) is 5.91 Å². The minimum atomic E-state index is -0.486. The number of rotatable bonds is 3. The molecule has 0 radical (unpaired) electrons. The summed E-state index contributed by atoms with van der Waals surface area (Å²) in [5.74, 6) is -0.211. The standard InChI is InChI=1S/C15H19BrN2O2/c1-11(15(20)18-8-3-2-4-9-18)17-14(19)12-6-5-7-13(16)10-12/h5-7,10-11H,2-4,8-9H2,1H3,(H,17,19)/t11-/m0/s1. The minimum absolute atomic E-state index is 0.00745. The first-order valence-electron chi connectivity index (χ1n) is 6.93. The smallest absolute Gasteiger partial charge is 0.251 e. The first kappa shape index (κ1) is 15.0. The second-order valence-corrected chi connectivity index (χ2v) is 6.01. The van der Waals surface area contributed by atoms with Crippen LogP contribution in [0.3, 0.4) is 0 Å². The maximum Gasteiger partial charge on any atom is 0.251 e. The molecule has 1 heterocycles. The van der Waals surface area contributed by atoms with Gasteiger partial charge < -0.3 is 10.2 Å². The molecule has 1 aliphatic heterocycles. The fourth-order valence-corrected chi connectivity index (χ4v) is 2.76. The van der Waals surface area contributed by atoms with E-state index in [4.69, 9.17) is 0 Å². The summed E-state index contributed by atoms with van der Waals surface area (Å²) in [5.41, 5.74) is 0.553. The first-order valence-corrected chi connectivity index (χ1v) is 7.72. The Morgan fingerprint density at radius 2 is 1.95 bits per heavy atom. The molecule has 1 aromatic carbocycles. The van der Waals surface area contributed by atoms with Crippen molar-refractivity contribution >= 4 is 27.7 Å². The number of amides is 2. The van der Waals surface area contributed by atoms with E-state index in [9.17, 15) is 9.59 Å². The molecule has 0 unspecified atom stereocenters. The van der Waals surface area contributed by atoms with Gasteiger partial charge in [-0.25, -0.2) is 0 Å². The summed E-state index contributed by atoms with van der Waals surface area (Å²) in [6.45, 7) is 3.35. The number of nitrogens with one attached hydrogen (secondary N) is 1. The first-order chi connectivity index (χ1) is 9.58. The fourth-order valence-electron chi connectivity index (χ4n) is 2.36. The largest absolute Gasteiger partial charge is 0.341 e.